The van der Waals surface area contributed by atoms with Crippen LogP contribution in [0.4, 0.5) is 17.6 Å². The van der Waals surface area contributed by atoms with E-state index in [4.69, 9.17) is 19.9 Å². The van der Waals surface area contributed by atoms with Crippen molar-refractivity contribution in [3.63, 3.8) is 0 Å². The van der Waals surface area contributed by atoms with Gasteiger partial charge < -0.3 is 0 Å². The van der Waals surface area contributed by atoms with E-state index in [-0.39, 0.29) is 22.8 Å². The summed E-state index contributed by atoms with van der Waals surface area (Å²) in [5.74, 6) is -0.428. The largest absolute Gasteiger partial charge is 0.249 e. The van der Waals surface area contributed by atoms with Crippen molar-refractivity contribution in [2.75, 3.05) is 0 Å². The van der Waals surface area contributed by atoms with Crippen molar-refractivity contribution in [2.24, 2.45) is 11.8 Å². The molecule has 4 nitrogen and oxygen atoms in total. The van der Waals surface area contributed by atoms with Crippen LogP contribution in [0.5, 0.6) is 0 Å². The number of halogens is 4. The molecule has 4 aromatic carbocycles. The SMILES string of the molecule is CCCCCCCCc1nc2c(C)ccc(-c3ccc(-c4cc(F)c(-c5ccc(-c6ccc(-c7cc8c(-c9cc(F)c(CC(CC)CCCC)s9)c9sc(C)cc9c(-c9cc(F)c(CC(CC)CCCC)s9)c8s7)c7nc(CCCCCCCC)c(CCCCCCCC)nc67)s5)cc4F)s3)c2nc1CCCCCCCC. The summed E-state index contributed by atoms with van der Waals surface area (Å²) in [6.07, 6.45) is 42.2. The molecule has 8 aromatic heterocycles. The third kappa shape index (κ3) is 20.9. The molecule has 0 spiro atoms. The second-order valence-corrected chi connectivity index (χ2v) is 38.9. The third-order valence-corrected chi connectivity index (χ3v) is 30.3. The van der Waals surface area contributed by atoms with Crippen LogP contribution in [0, 0.1) is 49.0 Å². The highest BCUT2D eigenvalue weighted by molar-refractivity contribution is 7.25. The summed E-state index contributed by atoms with van der Waals surface area (Å²) >= 11 is 9.62. The van der Waals surface area contributed by atoms with Crippen LogP contribution in [0.15, 0.2) is 84.9 Å². The Kier molecular flexibility index (Phi) is 32.2. The summed E-state index contributed by atoms with van der Waals surface area (Å²) in [7, 11) is 0. The molecule has 12 rings (SSSR count). The number of rotatable bonds is 47. The number of thiophene rings is 6. The van der Waals surface area contributed by atoms with Crippen LogP contribution in [0.25, 0.3) is 115 Å². The first-order valence-electron chi connectivity index (χ1n) is 43.6. The van der Waals surface area contributed by atoms with E-state index in [1.165, 1.54) is 150 Å². The van der Waals surface area contributed by atoms with E-state index in [9.17, 15) is 0 Å². The van der Waals surface area contributed by atoms with Crippen molar-refractivity contribution in [1.29, 1.82) is 0 Å². The molecule has 2 atom stereocenters. The quantitative estimate of drug-likeness (QED) is 0.0282. The molecule has 0 saturated heterocycles. The van der Waals surface area contributed by atoms with Crippen LogP contribution in [0.2, 0.25) is 0 Å². The lowest BCUT2D eigenvalue weighted by atomic mass is 9.95. The van der Waals surface area contributed by atoms with E-state index in [0.717, 1.165) is 253 Å². The average Bonchev–Trinajstić information content (AvgIpc) is 1.56. The molecule has 0 radical (unpaired) electrons. The number of unbranched alkanes of at least 4 members (excludes halogenated alkanes) is 22. The highest BCUT2D eigenvalue weighted by Crippen LogP contribution is 2.55. The summed E-state index contributed by atoms with van der Waals surface area (Å²) in [5.41, 5.74) is 14.2. The molecule has 14 heteroatoms. The van der Waals surface area contributed by atoms with Gasteiger partial charge in [0.2, 0.25) is 0 Å². The highest BCUT2D eigenvalue weighted by atomic mass is 32.1. The minimum atomic E-state index is -0.486. The van der Waals surface area contributed by atoms with Gasteiger partial charge in [-0.3, -0.25) is 0 Å². The molecule has 0 amide bonds. The van der Waals surface area contributed by atoms with Gasteiger partial charge in [-0.1, -0.05) is 259 Å². The molecule has 0 aliphatic carbocycles. The third-order valence-electron chi connectivity index (χ3n) is 23.4. The average molecular weight is 1620 g/mol. The lowest BCUT2D eigenvalue weighted by molar-refractivity contribution is 0.444. The van der Waals surface area contributed by atoms with Crippen LogP contribution < -0.4 is 0 Å². The maximum absolute atomic E-state index is 17.3. The predicted octanol–water partition coefficient (Wildman–Crippen LogP) is 34.2. The van der Waals surface area contributed by atoms with Crippen molar-refractivity contribution in [3.8, 4) is 73.1 Å². The molecule has 0 bridgehead atoms. The van der Waals surface area contributed by atoms with E-state index in [0.29, 0.717) is 34.4 Å². The van der Waals surface area contributed by atoms with Gasteiger partial charge in [-0.25, -0.2) is 37.5 Å². The number of hydrogen-bond acceptors (Lipinski definition) is 10. The topological polar surface area (TPSA) is 51.6 Å². The molecular weight excluding hydrogens is 1500 g/mol. The van der Waals surface area contributed by atoms with Crippen molar-refractivity contribution < 1.29 is 17.6 Å². The van der Waals surface area contributed by atoms with Gasteiger partial charge in [-0.15, -0.1) is 68.0 Å². The molecule has 598 valence electrons. The van der Waals surface area contributed by atoms with Gasteiger partial charge in [0, 0.05) is 108 Å². The summed E-state index contributed by atoms with van der Waals surface area (Å²) in [5, 5.41) is 2.12. The molecule has 0 N–H and O–H groups in total. The molecule has 0 fully saturated rings. The lowest BCUT2D eigenvalue weighted by Crippen LogP contribution is -2.05. The second-order valence-electron chi connectivity index (χ2n) is 32.1. The van der Waals surface area contributed by atoms with Crippen LogP contribution in [0.3, 0.4) is 0 Å². The number of aromatic nitrogens is 4. The normalized spacial score (nSPS) is 12.6. The monoisotopic (exact) mass is 1620 g/mol. The smallest absolute Gasteiger partial charge is 0.137 e. The Morgan fingerprint density at radius 2 is 0.634 bits per heavy atom. The zero-order valence-electron chi connectivity index (χ0n) is 68.9. The number of nitrogens with zero attached hydrogens (tertiary/aromatic N) is 4. The molecule has 8 heterocycles. The number of aryl methyl sites for hydroxylation is 6. The molecule has 12 aromatic rings. The zero-order chi connectivity index (χ0) is 78.6. The van der Waals surface area contributed by atoms with Crippen LogP contribution in [-0.2, 0) is 38.5 Å². The Labute approximate surface area is 691 Å². The van der Waals surface area contributed by atoms with Crippen molar-refractivity contribution >= 4 is 110 Å². The summed E-state index contributed by atoms with van der Waals surface area (Å²) in [6, 6.07) is 27.6. The van der Waals surface area contributed by atoms with Crippen molar-refractivity contribution in [1.82, 2.24) is 19.9 Å². The van der Waals surface area contributed by atoms with Crippen molar-refractivity contribution in [2.45, 2.75) is 313 Å². The molecule has 0 saturated carbocycles. The highest BCUT2D eigenvalue weighted by Gasteiger charge is 2.29. The fraction of sp³-hybridized carbons (Fsp3) is 0.510. The van der Waals surface area contributed by atoms with Gasteiger partial charge in [-0.05, 0) is 156 Å². The lowest BCUT2D eigenvalue weighted by Gasteiger charge is -2.15. The number of benzene rings is 4. The maximum Gasteiger partial charge on any atom is 0.137 e. The van der Waals surface area contributed by atoms with Gasteiger partial charge in [0.05, 0.1) is 44.8 Å². The van der Waals surface area contributed by atoms with E-state index in [2.05, 4.69) is 106 Å². The maximum atomic E-state index is 17.3. The van der Waals surface area contributed by atoms with E-state index >= 15 is 17.6 Å². The van der Waals surface area contributed by atoms with Crippen LogP contribution in [-0.4, -0.2) is 19.9 Å². The van der Waals surface area contributed by atoms with Crippen molar-refractivity contribution in [3.05, 3.63) is 151 Å². The van der Waals surface area contributed by atoms with Gasteiger partial charge in [0.1, 0.15) is 23.3 Å². The first kappa shape index (κ1) is 85.4. The first-order chi connectivity index (χ1) is 54.7. The van der Waals surface area contributed by atoms with Gasteiger partial charge in [0.15, 0.2) is 0 Å². The summed E-state index contributed by atoms with van der Waals surface area (Å²) in [4.78, 5) is 31.4. The summed E-state index contributed by atoms with van der Waals surface area (Å²) < 4.78 is 70.4. The van der Waals surface area contributed by atoms with E-state index < -0.39 is 11.6 Å². The summed E-state index contributed by atoms with van der Waals surface area (Å²) in [6.45, 7) is 22.3. The zero-order valence-corrected chi connectivity index (χ0v) is 73.8. The first-order valence-corrected chi connectivity index (χ1v) is 48.5. The molecule has 0 aliphatic rings. The van der Waals surface area contributed by atoms with E-state index in [1.54, 1.807) is 57.5 Å². The van der Waals surface area contributed by atoms with Crippen LogP contribution in [0.1, 0.15) is 304 Å². The minimum Gasteiger partial charge on any atom is -0.249 e. The van der Waals surface area contributed by atoms with Gasteiger partial charge in [-0.2, -0.15) is 0 Å². The fourth-order valence-corrected chi connectivity index (χ4v) is 23.7. The Bertz CT molecular complexity index is 4920. The Hall–Kier alpha value is -6.00. The Morgan fingerprint density at radius 3 is 1.04 bits per heavy atom. The number of hydrogen-bond donors (Lipinski definition) is 0. The minimum absolute atomic E-state index is 0.134. The Morgan fingerprint density at radius 1 is 0.295 bits per heavy atom. The second kappa shape index (κ2) is 42.2. The molecule has 0 aliphatic heterocycles. The molecular formula is C98H122F4N4S6. The van der Waals surface area contributed by atoms with Crippen LogP contribution >= 0.6 is 68.0 Å². The standard InChI is InChI=1S/C98H122F4N4S6/c1-11-19-25-29-33-37-43-78-79(44-38-34-30-26-20-12-2)104-94-67(48-47-63(9)93(94)103-78)82-51-53-84(108-82)70-58-75(100)71(59-74(70)99)85-54-52-83(109-85)68-49-50-69(96-95(68)105-80(45-39-35-31-27-21-13-3)81(106-96)46-40-36-32-28-22-14-4)86-60-73-92(90-62-77(102)88(111-90)57-66(18-8)42-24-16-6)97-72(55-64(10)107-97)91(98(73)112-86)89-61-76(101)87(110-89)56-65(17-7)41-23-15-5/h47-55,58-62,65-66H,11-46,56-57H2,1-10H3. The number of fused-ring (bicyclic) bond motifs is 4. The fourth-order valence-electron chi connectivity index (χ4n) is 16.7. The Balaban J connectivity index is 0.954. The molecule has 2 unspecified atom stereocenters. The van der Waals surface area contributed by atoms with E-state index in [1.807, 2.05) is 24.3 Å². The van der Waals surface area contributed by atoms with Gasteiger partial charge >= 0.3 is 0 Å². The van der Waals surface area contributed by atoms with Gasteiger partial charge in [0.25, 0.3) is 0 Å². The predicted molar refractivity (Wildman–Crippen MR) is 485 cm³/mol. The molecule has 112 heavy (non-hydrogen) atoms.